The van der Waals surface area contributed by atoms with Gasteiger partial charge >= 0.3 is 0 Å². The van der Waals surface area contributed by atoms with E-state index in [9.17, 15) is 4.79 Å². The fourth-order valence-electron chi connectivity index (χ4n) is 2.29. The van der Waals surface area contributed by atoms with Crippen molar-refractivity contribution in [2.75, 3.05) is 33.9 Å². The maximum atomic E-state index is 12.2. The summed E-state index contributed by atoms with van der Waals surface area (Å²) in [6.45, 7) is 2.69. The summed E-state index contributed by atoms with van der Waals surface area (Å²) >= 11 is 0. The first kappa shape index (κ1) is 13.7. The number of hydrogen-bond acceptors (Lipinski definition) is 4. The quantitative estimate of drug-likeness (QED) is 0.834. The number of nitrogens with one attached hydrogen (secondary N) is 2. The molecule has 1 saturated heterocycles. The zero-order valence-corrected chi connectivity index (χ0v) is 11.4. The fourth-order valence-corrected chi connectivity index (χ4v) is 2.29. The van der Waals surface area contributed by atoms with Gasteiger partial charge in [-0.25, -0.2) is 0 Å². The molecule has 1 aromatic rings. The van der Waals surface area contributed by atoms with Crippen molar-refractivity contribution in [1.82, 2.24) is 10.6 Å². The van der Waals surface area contributed by atoms with Gasteiger partial charge in [-0.15, -0.1) is 0 Å². The summed E-state index contributed by atoms with van der Waals surface area (Å²) in [5.41, 5.74) is 0.507. The molecule has 1 aromatic carbocycles. The van der Waals surface area contributed by atoms with Crippen LogP contribution < -0.4 is 20.1 Å². The first-order valence-electron chi connectivity index (χ1n) is 6.46. The Hall–Kier alpha value is -1.75. The Morgan fingerprint density at radius 3 is 2.89 bits per heavy atom. The number of carbonyl (C=O) groups excluding carboxylic acids is 1. The van der Waals surface area contributed by atoms with Crippen LogP contribution in [0.25, 0.3) is 0 Å². The molecule has 0 aliphatic carbocycles. The average molecular weight is 264 g/mol. The van der Waals surface area contributed by atoms with Gasteiger partial charge in [0.05, 0.1) is 19.8 Å². The average Bonchev–Trinajstić information content (AvgIpc) is 2.97. The maximum Gasteiger partial charge on any atom is 0.255 e. The van der Waals surface area contributed by atoms with Crippen LogP contribution in [-0.4, -0.2) is 39.8 Å². The van der Waals surface area contributed by atoms with E-state index in [1.807, 2.05) is 0 Å². The summed E-state index contributed by atoms with van der Waals surface area (Å²) in [6, 6.07) is 5.30. The van der Waals surface area contributed by atoms with E-state index in [4.69, 9.17) is 9.47 Å². The lowest BCUT2D eigenvalue weighted by Crippen LogP contribution is -2.30. The van der Waals surface area contributed by atoms with Crippen molar-refractivity contribution in [3.63, 3.8) is 0 Å². The third kappa shape index (κ3) is 3.17. The number of benzene rings is 1. The molecule has 104 valence electrons. The van der Waals surface area contributed by atoms with Gasteiger partial charge in [0.15, 0.2) is 11.5 Å². The SMILES string of the molecule is COc1cccc(C(=O)NCC2CCNC2)c1OC. The monoisotopic (exact) mass is 264 g/mol. The molecule has 1 fully saturated rings. The second kappa shape index (κ2) is 6.43. The molecule has 1 aliphatic heterocycles. The second-order valence-corrected chi connectivity index (χ2v) is 4.61. The molecule has 2 rings (SSSR count). The Balaban J connectivity index is 2.05. The van der Waals surface area contributed by atoms with Crippen molar-refractivity contribution in [2.45, 2.75) is 6.42 Å². The summed E-state index contributed by atoms with van der Waals surface area (Å²) in [4.78, 5) is 12.2. The molecular formula is C14H20N2O3. The van der Waals surface area contributed by atoms with Crippen LogP contribution in [0.2, 0.25) is 0 Å². The van der Waals surface area contributed by atoms with E-state index in [-0.39, 0.29) is 5.91 Å². The van der Waals surface area contributed by atoms with Crippen molar-refractivity contribution in [1.29, 1.82) is 0 Å². The van der Waals surface area contributed by atoms with Gasteiger partial charge in [0.2, 0.25) is 0 Å². The van der Waals surface area contributed by atoms with Crippen LogP contribution >= 0.6 is 0 Å². The highest BCUT2D eigenvalue weighted by atomic mass is 16.5. The van der Waals surface area contributed by atoms with Gasteiger partial charge in [-0.3, -0.25) is 4.79 Å². The molecule has 5 heteroatoms. The molecule has 1 heterocycles. The second-order valence-electron chi connectivity index (χ2n) is 4.61. The smallest absolute Gasteiger partial charge is 0.255 e. The van der Waals surface area contributed by atoms with Crippen molar-refractivity contribution in [3.8, 4) is 11.5 Å². The minimum absolute atomic E-state index is 0.123. The third-order valence-corrected chi connectivity index (χ3v) is 3.36. The molecule has 0 radical (unpaired) electrons. The Morgan fingerprint density at radius 1 is 1.42 bits per heavy atom. The molecule has 1 unspecified atom stereocenters. The Bertz CT molecular complexity index is 442. The van der Waals surface area contributed by atoms with E-state index in [2.05, 4.69) is 10.6 Å². The standard InChI is InChI=1S/C14H20N2O3/c1-18-12-5-3-4-11(13(12)19-2)14(17)16-9-10-6-7-15-8-10/h3-5,10,15H,6-9H2,1-2H3,(H,16,17). The summed E-state index contributed by atoms with van der Waals surface area (Å²) in [5.74, 6) is 1.44. The van der Waals surface area contributed by atoms with Gasteiger partial charge < -0.3 is 20.1 Å². The lowest BCUT2D eigenvalue weighted by Gasteiger charge is -2.14. The predicted octanol–water partition coefficient (Wildman–Crippen LogP) is 1.04. The van der Waals surface area contributed by atoms with Crippen LogP contribution in [0.1, 0.15) is 16.8 Å². The summed E-state index contributed by atoms with van der Waals surface area (Å²) in [5, 5.41) is 6.23. The van der Waals surface area contributed by atoms with E-state index in [1.54, 1.807) is 25.3 Å². The minimum Gasteiger partial charge on any atom is -0.493 e. The van der Waals surface area contributed by atoms with Crippen molar-refractivity contribution in [3.05, 3.63) is 23.8 Å². The van der Waals surface area contributed by atoms with E-state index in [1.165, 1.54) is 7.11 Å². The number of para-hydroxylation sites is 1. The fraction of sp³-hybridized carbons (Fsp3) is 0.500. The van der Waals surface area contributed by atoms with Crippen LogP contribution in [0, 0.1) is 5.92 Å². The lowest BCUT2D eigenvalue weighted by molar-refractivity contribution is 0.0944. The van der Waals surface area contributed by atoms with Crippen LogP contribution in [0.5, 0.6) is 11.5 Å². The summed E-state index contributed by atoms with van der Waals surface area (Å²) in [6.07, 6.45) is 1.11. The zero-order chi connectivity index (χ0) is 13.7. The molecule has 0 spiro atoms. The molecule has 0 bridgehead atoms. The van der Waals surface area contributed by atoms with E-state index >= 15 is 0 Å². The molecule has 1 atom stereocenters. The Morgan fingerprint density at radius 2 is 2.26 bits per heavy atom. The Labute approximate surface area is 113 Å². The summed E-state index contributed by atoms with van der Waals surface area (Å²) < 4.78 is 10.5. The van der Waals surface area contributed by atoms with Gasteiger partial charge in [-0.05, 0) is 37.6 Å². The van der Waals surface area contributed by atoms with Gasteiger partial charge in [0.1, 0.15) is 0 Å². The number of rotatable bonds is 5. The zero-order valence-electron chi connectivity index (χ0n) is 11.4. The van der Waals surface area contributed by atoms with Crippen molar-refractivity contribution in [2.24, 2.45) is 5.92 Å². The van der Waals surface area contributed by atoms with Gasteiger partial charge in [-0.1, -0.05) is 6.07 Å². The molecule has 2 N–H and O–H groups in total. The van der Waals surface area contributed by atoms with Crippen LogP contribution in [0.4, 0.5) is 0 Å². The Kier molecular flexibility index (Phi) is 4.63. The van der Waals surface area contributed by atoms with Crippen LogP contribution in [0.15, 0.2) is 18.2 Å². The number of ether oxygens (including phenoxy) is 2. The van der Waals surface area contributed by atoms with Crippen molar-refractivity contribution < 1.29 is 14.3 Å². The van der Waals surface area contributed by atoms with E-state index in [0.29, 0.717) is 29.5 Å². The minimum atomic E-state index is -0.123. The number of carbonyl (C=O) groups is 1. The predicted molar refractivity (Wildman–Crippen MR) is 72.9 cm³/mol. The third-order valence-electron chi connectivity index (χ3n) is 3.36. The number of amides is 1. The van der Waals surface area contributed by atoms with E-state index < -0.39 is 0 Å². The highest BCUT2D eigenvalue weighted by Crippen LogP contribution is 2.30. The highest BCUT2D eigenvalue weighted by molar-refractivity contribution is 5.97. The normalized spacial score (nSPS) is 18.1. The summed E-state index contributed by atoms with van der Waals surface area (Å²) in [7, 11) is 3.10. The topological polar surface area (TPSA) is 59.6 Å². The molecular weight excluding hydrogens is 244 g/mol. The highest BCUT2D eigenvalue weighted by Gasteiger charge is 2.19. The van der Waals surface area contributed by atoms with Gasteiger partial charge in [0.25, 0.3) is 5.91 Å². The largest absolute Gasteiger partial charge is 0.493 e. The first-order valence-corrected chi connectivity index (χ1v) is 6.46. The molecule has 5 nitrogen and oxygen atoms in total. The van der Waals surface area contributed by atoms with Crippen LogP contribution in [0.3, 0.4) is 0 Å². The number of methoxy groups -OCH3 is 2. The van der Waals surface area contributed by atoms with Crippen molar-refractivity contribution >= 4 is 5.91 Å². The molecule has 0 aromatic heterocycles. The van der Waals surface area contributed by atoms with Gasteiger partial charge in [-0.2, -0.15) is 0 Å². The van der Waals surface area contributed by atoms with Gasteiger partial charge in [0, 0.05) is 6.54 Å². The lowest BCUT2D eigenvalue weighted by atomic mass is 10.1. The van der Waals surface area contributed by atoms with E-state index in [0.717, 1.165) is 19.5 Å². The maximum absolute atomic E-state index is 12.2. The molecule has 0 saturated carbocycles. The van der Waals surface area contributed by atoms with Crippen LogP contribution in [-0.2, 0) is 0 Å². The number of hydrogen-bond donors (Lipinski definition) is 2. The molecule has 19 heavy (non-hydrogen) atoms. The molecule has 1 amide bonds. The molecule has 1 aliphatic rings. The first-order chi connectivity index (χ1) is 9.26.